The number of pyridine rings is 1. The van der Waals surface area contributed by atoms with Crippen molar-refractivity contribution in [2.45, 2.75) is 19.8 Å². The summed E-state index contributed by atoms with van der Waals surface area (Å²) in [5.41, 5.74) is 5.91. The quantitative estimate of drug-likeness (QED) is 0.408. The largest absolute Gasteiger partial charge is 0.475 e. The van der Waals surface area contributed by atoms with Crippen molar-refractivity contribution >= 4 is 5.84 Å². The Morgan fingerprint density at radius 2 is 2.18 bits per heavy atom. The maximum atomic E-state index is 7.22. The van der Waals surface area contributed by atoms with Gasteiger partial charge in [0.15, 0.2) is 0 Å². The van der Waals surface area contributed by atoms with E-state index in [0.717, 1.165) is 19.4 Å². The van der Waals surface area contributed by atoms with Gasteiger partial charge in [0.25, 0.3) is 0 Å². The van der Waals surface area contributed by atoms with Crippen molar-refractivity contribution in [1.29, 1.82) is 5.41 Å². The lowest BCUT2D eigenvalue weighted by Crippen LogP contribution is -2.12. The standard InChI is InChI=1S/C12H19N3O2/c1-2-3-6-16-7-8-17-11-5-4-10(9-15-11)12(13)14/h4-5,9H,2-3,6-8H2,1H3,(H3,13,14). The van der Waals surface area contributed by atoms with E-state index in [4.69, 9.17) is 20.6 Å². The van der Waals surface area contributed by atoms with Gasteiger partial charge >= 0.3 is 0 Å². The molecule has 1 rings (SSSR count). The Balaban J connectivity index is 2.21. The van der Waals surface area contributed by atoms with Crippen LogP contribution in [0, 0.1) is 5.41 Å². The van der Waals surface area contributed by atoms with Crippen molar-refractivity contribution in [3.05, 3.63) is 23.9 Å². The van der Waals surface area contributed by atoms with Crippen molar-refractivity contribution in [2.75, 3.05) is 19.8 Å². The third kappa shape index (κ3) is 5.31. The van der Waals surface area contributed by atoms with Gasteiger partial charge in [-0.15, -0.1) is 0 Å². The van der Waals surface area contributed by atoms with Crippen LogP contribution in [0.1, 0.15) is 25.3 Å². The average Bonchev–Trinajstić information content (AvgIpc) is 2.34. The highest BCUT2D eigenvalue weighted by Gasteiger charge is 1.98. The summed E-state index contributed by atoms with van der Waals surface area (Å²) >= 11 is 0. The summed E-state index contributed by atoms with van der Waals surface area (Å²) in [4.78, 5) is 4.04. The molecule has 0 aliphatic carbocycles. The zero-order chi connectivity index (χ0) is 12.5. The van der Waals surface area contributed by atoms with E-state index in [9.17, 15) is 0 Å². The maximum Gasteiger partial charge on any atom is 0.213 e. The van der Waals surface area contributed by atoms with Crippen LogP contribution in [0.2, 0.25) is 0 Å². The van der Waals surface area contributed by atoms with Crippen LogP contribution in [0.25, 0.3) is 0 Å². The number of ether oxygens (including phenoxy) is 2. The fourth-order valence-corrected chi connectivity index (χ4v) is 1.18. The summed E-state index contributed by atoms with van der Waals surface area (Å²) in [5.74, 6) is 0.529. The van der Waals surface area contributed by atoms with Crippen LogP contribution in [-0.4, -0.2) is 30.6 Å². The van der Waals surface area contributed by atoms with Gasteiger partial charge in [-0.05, 0) is 12.5 Å². The van der Waals surface area contributed by atoms with Crippen molar-refractivity contribution in [1.82, 2.24) is 4.98 Å². The minimum Gasteiger partial charge on any atom is -0.475 e. The number of nitrogen functional groups attached to an aromatic ring is 1. The third-order valence-corrected chi connectivity index (χ3v) is 2.17. The normalized spacial score (nSPS) is 10.2. The van der Waals surface area contributed by atoms with E-state index in [0.29, 0.717) is 24.7 Å². The summed E-state index contributed by atoms with van der Waals surface area (Å²) < 4.78 is 10.7. The van der Waals surface area contributed by atoms with Gasteiger partial charge in [0, 0.05) is 24.4 Å². The Bertz CT molecular complexity index is 338. The molecule has 1 aromatic heterocycles. The van der Waals surface area contributed by atoms with Crippen molar-refractivity contribution < 1.29 is 9.47 Å². The molecule has 0 amide bonds. The van der Waals surface area contributed by atoms with Crippen LogP contribution in [0.4, 0.5) is 0 Å². The Labute approximate surface area is 101 Å². The SMILES string of the molecule is CCCCOCCOc1ccc(C(=N)N)cn1. The van der Waals surface area contributed by atoms with E-state index in [1.807, 2.05) is 0 Å². The molecule has 5 nitrogen and oxygen atoms in total. The fraction of sp³-hybridized carbons (Fsp3) is 0.500. The molecule has 0 bridgehead atoms. The highest BCUT2D eigenvalue weighted by molar-refractivity contribution is 5.94. The molecule has 0 radical (unpaired) electrons. The molecule has 0 fully saturated rings. The van der Waals surface area contributed by atoms with Gasteiger partial charge in [-0.1, -0.05) is 13.3 Å². The first-order valence-electron chi connectivity index (χ1n) is 5.75. The Morgan fingerprint density at radius 1 is 1.35 bits per heavy atom. The van der Waals surface area contributed by atoms with Gasteiger partial charge in [-0.25, -0.2) is 4.98 Å². The number of nitrogens with two attached hydrogens (primary N) is 1. The number of hydrogen-bond acceptors (Lipinski definition) is 4. The van der Waals surface area contributed by atoms with Crippen molar-refractivity contribution in [2.24, 2.45) is 5.73 Å². The van der Waals surface area contributed by atoms with Crippen LogP contribution < -0.4 is 10.5 Å². The first-order valence-corrected chi connectivity index (χ1v) is 5.75. The molecule has 1 heterocycles. The molecule has 0 unspecified atom stereocenters. The number of rotatable bonds is 8. The number of nitrogens with one attached hydrogen (secondary N) is 1. The molecule has 0 atom stereocenters. The molecule has 0 aromatic carbocycles. The molecule has 1 aromatic rings. The van der Waals surface area contributed by atoms with Crippen molar-refractivity contribution in [3.8, 4) is 5.88 Å². The zero-order valence-electron chi connectivity index (χ0n) is 10.1. The molecule has 0 aliphatic rings. The molecular formula is C12H19N3O2. The van der Waals surface area contributed by atoms with Crippen LogP contribution in [-0.2, 0) is 4.74 Å². The van der Waals surface area contributed by atoms with E-state index in [-0.39, 0.29) is 5.84 Å². The summed E-state index contributed by atoms with van der Waals surface area (Å²) in [6.45, 7) is 3.95. The van der Waals surface area contributed by atoms with Gasteiger partial charge in [0.1, 0.15) is 12.4 Å². The first-order chi connectivity index (χ1) is 8.24. The minimum absolute atomic E-state index is 0.00643. The van der Waals surface area contributed by atoms with Gasteiger partial charge in [-0.2, -0.15) is 0 Å². The van der Waals surface area contributed by atoms with Gasteiger partial charge in [-0.3, -0.25) is 5.41 Å². The number of aromatic nitrogens is 1. The van der Waals surface area contributed by atoms with E-state index >= 15 is 0 Å². The molecule has 3 N–H and O–H groups in total. The molecule has 0 aliphatic heterocycles. The predicted octanol–water partition coefficient (Wildman–Crippen LogP) is 1.56. The second-order valence-corrected chi connectivity index (χ2v) is 3.61. The maximum absolute atomic E-state index is 7.22. The average molecular weight is 237 g/mol. The van der Waals surface area contributed by atoms with Crippen molar-refractivity contribution in [3.63, 3.8) is 0 Å². The molecule has 0 saturated heterocycles. The molecule has 94 valence electrons. The summed E-state index contributed by atoms with van der Waals surface area (Å²) in [5, 5.41) is 7.22. The predicted molar refractivity (Wildman–Crippen MR) is 66.5 cm³/mol. The van der Waals surface area contributed by atoms with Crippen LogP contribution in [0.5, 0.6) is 5.88 Å². The van der Waals surface area contributed by atoms with Crippen LogP contribution in [0.3, 0.4) is 0 Å². The number of hydrogen-bond donors (Lipinski definition) is 2. The summed E-state index contributed by atoms with van der Waals surface area (Å²) in [6, 6.07) is 3.41. The van der Waals surface area contributed by atoms with E-state index in [1.54, 1.807) is 12.1 Å². The highest BCUT2D eigenvalue weighted by Crippen LogP contribution is 2.06. The molecular weight excluding hydrogens is 218 g/mol. The Morgan fingerprint density at radius 3 is 2.76 bits per heavy atom. The van der Waals surface area contributed by atoms with E-state index < -0.39 is 0 Å². The minimum atomic E-state index is 0.00643. The molecule has 5 heteroatoms. The van der Waals surface area contributed by atoms with Gasteiger partial charge in [0.2, 0.25) is 5.88 Å². The van der Waals surface area contributed by atoms with Gasteiger partial charge in [0.05, 0.1) is 6.61 Å². The number of amidine groups is 1. The summed E-state index contributed by atoms with van der Waals surface area (Å²) in [6.07, 6.45) is 3.73. The monoisotopic (exact) mass is 237 g/mol. The lowest BCUT2D eigenvalue weighted by Gasteiger charge is -2.06. The Hall–Kier alpha value is -1.62. The van der Waals surface area contributed by atoms with Gasteiger partial charge < -0.3 is 15.2 Å². The topological polar surface area (TPSA) is 81.2 Å². The lowest BCUT2D eigenvalue weighted by molar-refractivity contribution is 0.0965. The second-order valence-electron chi connectivity index (χ2n) is 3.61. The smallest absolute Gasteiger partial charge is 0.213 e. The molecule has 17 heavy (non-hydrogen) atoms. The molecule has 0 saturated carbocycles. The van der Waals surface area contributed by atoms with Crippen LogP contribution >= 0.6 is 0 Å². The Kier molecular flexibility index (Phi) is 6.03. The number of unbranched alkanes of at least 4 members (excludes halogenated alkanes) is 1. The fourth-order valence-electron chi connectivity index (χ4n) is 1.18. The summed E-state index contributed by atoms with van der Waals surface area (Å²) in [7, 11) is 0. The zero-order valence-corrected chi connectivity index (χ0v) is 10.1. The van der Waals surface area contributed by atoms with E-state index in [2.05, 4.69) is 11.9 Å². The number of nitrogens with zero attached hydrogens (tertiary/aromatic N) is 1. The molecule has 0 spiro atoms. The third-order valence-electron chi connectivity index (χ3n) is 2.17. The highest BCUT2D eigenvalue weighted by atomic mass is 16.5. The van der Waals surface area contributed by atoms with E-state index in [1.165, 1.54) is 6.20 Å². The lowest BCUT2D eigenvalue weighted by atomic mass is 10.3. The van der Waals surface area contributed by atoms with Crippen LogP contribution in [0.15, 0.2) is 18.3 Å². The second kappa shape index (κ2) is 7.62. The first kappa shape index (κ1) is 13.4.